The van der Waals surface area contributed by atoms with Crippen LogP contribution in [0.4, 0.5) is 14.5 Å². The number of aliphatic hydroxyl groups is 1. The van der Waals surface area contributed by atoms with Gasteiger partial charge in [-0.1, -0.05) is 32.9 Å². The number of aliphatic hydroxyl groups excluding tert-OH is 1. The number of aromatic nitrogens is 2. The Balaban J connectivity index is 1.53. The molecule has 3 N–H and O–H groups in total. The Morgan fingerprint density at radius 3 is 2.57 bits per heavy atom. The maximum absolute atomic E-state index is 14.0. The highest BCUT2D eigenvalue weighted by Gasteiger charge is 2.27. The fourth-order valence-electron chi connectivity index (χ4n) is 4.59. The topological polar surface area (TPSA) is 71.3 Å². The van der Waals surface area contributed by atoms with Gasteiger partial charge in [-0.2, -0.15) is 5.10 Å². The summed E-state index contributed by atoms with van der Waals surface area (Å²) in [4.78, 5) is 0. The zero-order chi connectivity index (χ0) is 25.2. The van der Waals surface area contributed by atoms with E-state index in [0.29, 0.717) is 17.9 Å². The van der Waals surface area contributed by atoms with Gasteiger partial charge in [0.1, 0.15) is 17.4 Å². The van der Waals surface area contributed by atoms with Gasteiger partial charge in [-0.15, -0.1) is 0 Å². The molecule has 0 saturated heterocycles. The molecule has 0 spiro atoms. The summed E-state index contributed by atoms with van der Waals surface area (Å²) in [6.07, 6.45) is 4.08. The zero-order valence-electron chi connectivity index (χ0n) is 20.7. The van der Waals surface area contributed by atoms with Gasteiger partial charge in [0.2, 0.25) is 0 Å². The van der Waals surface area contributed by atoms with Crippen molar-refractivity contribution in [3.8, 4) is 5.75 Å². The van der Waals surface area contributed by atoms with Crippen LogP contribution in [-0.2, 0) is 13.5 Å². The predicted molar refractivity (Wildman–Crippen MR) is 132 cm³/mol. The van der Waals surface area contributed by atoms with E-state index in [1.807, 2.05) is 6.07 Å². The highest BCUT2D eigenvalue weighted by atomic mass is 19.1. The van der Waals surface area contributed by atoms with Crippen LogP contribution in [0.2, 0.25) is 0 Å². The SMILES string of the molecule is Cn1cc(NC(c2cc(F)cc(F)c2)[C@H](O)CN[C@H]2CCOc3ccc(CC(C)(C)C)cc32)cn1. The number of ether oxygens (including phenoxy) is 1. The molecule has 2 aromatic carbocycles. The molecule has 0 fully saturated rings. The third kappa shape index (κ3) is 6.58. The molecule has 8 heteroatoms. The average Bonchev–Trinajstić information content (AvgIpc) is 3.18. The number of nitrogens with zero attached hydrogens (tertiary/aromatic N) is 2. The predicted octanol–water partition coefficient (Wildman–Crippen LogP) is 4.91. The van der Waals surface area contributed by atoms with E-state index in [0.717, 1.165) is 30.2 Å². The van der Waals surface area contributed by atoms with Crippen LogP contribution in [0.5, 0.6) is 5.75 Å². The Hall–Kier alpha value is -2.97. The number of aryl methyl sites for hydroxylation is 1. The first-order valence-corrected chi connectivity index (χ1v) is 12.0. The molecule has 2 heterocycles. The maximum atomic E-state index is 14.0. The fourth-order valence-corrected chi connectivity index (χ4v) is 4.59. The van der Waals surface area contributed by atoms with Crippen molar-refractivity contribution in [1.82, 2.24) is 15.1 Å². The van der Waals surface area contributed by atoms with Gasteiger partial charge in [0.15, 0.2) is 0 Å². The molecular weight excluding hydrogens is 450 g/mol. The molecule has 35 heavy (non-hydrogen) atoms. The second-order valence-electron chi connectivity index (χ2n) is 10.5. The number of nitrogens with one attached hydrogen (secondary N) is 2. The summed E-state index contributed by atoms with van der Waals surface area (Å²) >= 11 is 0. The van der Waals surface area contributed by atoms with Crippen molar-refractivity contribution in [2.24, 2.45) is 12.5 Å². The molecule has 0 aliphatic carbocycles. The molecule has 1 unspecified atom stereocenters. The van der Waals surface area contributed by atoms with Gasteiger partial charge >= 0.3 is 0 Å². The number of fused-ring (bicyclic) bond motifs is 1. The standard InChI is InChI=1S/C27H34F2N4O2/c1-27(2,3)13-17-5-6-25-22(9-17)23(7-8-35-25)30-15-24(34)26(32-21-14-31-33(4)16-21)18-10-19(28)12-20(29)11-18/h5-6,9-12,14,16,23-24,26,30,32,34H,7-8,13,15H2,1-4H3/t23-,24+,26?/m0/s1. The Morgan fingerprint density at radius 1 is 1.17 bits per heavy atom. The van der Waals surface area contributed by atoms with Crippen LogP contribution >= 0.6 is 0 Å². The third-order valence-electron chi connectivity index (χ3n) is 6.08. The minimum Gasteiger partial charge on any atom is -0.493 e. The molecule has 0 radical (unpaired) electrons. The van der Waals surface area contributed by atoms with Gasteiger partial charge < -0.3 is 20.5 Å². The van der Waals surface area contributed by atoms with E-state index in [-0.39, 0.29) is 18.0 Å². The summed E-state index contributed by atoms with van der Waals surface area (Å²) in [6, 6.07) is 8.85. The minimum atomic E-state index is -0.972. The lowest BCUT2D eigenvalue weighted by atomic mass is 9.86. The normalized spacial score (nSPS) is 17.4. The summed E-state index contributed by atoms with van der Waals surface area (Å²) in [5.41, 5.74) is 3.43. The molecule has 6 nitrogen and oxygen atoms in total. The molecule has 4 rings (SSSR count). The molecule has 1 aliphatic heterocycles. The number of halogens is 2. The molecule has 0 bridgehead atoms. The quantitative estimate of drug-likeness (QED) is 0.424. The number of benzene rings is 2. The highest BCUT2D eigenvalue weighted by molar-refractivity contribution is 5.43. The lowest BCUT2D eigenvalue weighted by molar-refractivity contribution is 0.140. The van der Waals surface area contributed by atoms with Gasteiger partial charge in [-0.3, -0.25) is 4.68 Å². The second kappa shape index (κ2) is 10.3. The Bertz CT molecular complexity index is 1140. The van der Waals surface area contributed by atoms with Crippen LogP contribution < -0.4 is 15.4 Å². The first kappa shape index (κ1) is 25.1. The van der Waals surface area contributed by atoms with Gasteiger partial charge in [0.25, 0.3) is 0 Å². The van der Waals surface area contributed by atoms with Gasteiger partial charge in [-0.05, 0) is 41.2 Å². The van der Waals surface area contributed by atoms with E-state index in [9.17, 15) is 13.9 Å². The minimum absolute atomic E-state index is 0.00314. The van der Waals surface area contributed by atoms with E-state index < -0.39 is 23.8 Å². The monoisotopic (exact) mass is 484 g/mol. The van der Waals surface area contributed by atoms with Crippen LogP contribution in [-0.4, -0.2) is 34.1 Å². The summed E-state index contributed by atoms with van der Waals surface area (Å²) in [5.74, 6) is -0.538. The van der Waals surface area contributed by atoms with Gasteiger partial charge in [0.05, 0.1) is 30.6 Å². The highest BCUT2D eigenvalue weighted by Crippen LogP contribution is 2.35. The average molecular weight is 485 g/mol. The number of hydrogen-bond donors (Lipinski definition) is 3. The molecular formula is C27H34F2N4O2. The first-order valence-electron chi connectivity index (χ1n) is 12.0. The molecule has 0 saturated carbocycles. The molecule has 3 aromatic rings. The maximum Gasteiger partial charge on any atom is 0.126 e. The van der Waals surface area contributed by atoms with E-state index >= 15 is 0 Å². The lowest BCUT2D eigenvalue weighted by Gasteiger charge is -2.31. The Morgan fingerprint density at radius 2 is 1.91 bits per heavy atom. The second-order valence-corrected chi connectivity index (χ2v) is 10.5. The van der Waals surface area contributed by atoms with E-state index in [4.69, 9.17) is 4.74 Å². The molecule has 1 aromatic heterocycles. The summed E-state index contributed by atoms with van der Waals surface area (Å²) in [7, 11) is 1.77. The van der Waals surface area contributed by atoms with Crippen LogP contribution in [0, 0.1) is 17.0 Å². The van der Waals surface area contributed by atoms with Gasteiger partial charge in [0, 0.05) is 43.9 Å². The first-order chi connectivity index (χ1) is 16.6. The van der Waals surface area contributed by atoms with Crippen molar-refractivity contribution < 1.29 is 18.6 Å². The summed E-state index contributed by atoms with van der Waals surface area (Å²) in [6.45, 7) is 7.41. The van der Waals surface area contributed by atoms with Crippen LogP contribution in [0.15, 0.2) is 48.8 Å². The van der Waals surface area contributed by atoms with Crippen molar-refractivity contribution in [3.63, 3.8) is 0 Å². The van der Waals surface area contributed by atoms with Gasteiger partial charge in [-0.25, -0.2) is 8.78 Å². The van der Waals surface area contributed by atoms with Crippen molar-refractivity contribution in [3.05, 3.63) is 77.1 Å². The lowest BCUT2D eigenvalue weighted by Crippen LogP contribution is -2.38. The molecule has 188 valence electrons. The van der Waals surface area contributed by atoms with Crippen LogP contribution in [0.1, 0.15) is 56.0 Å². The van der Waals surface area contributed by atoms with Crippen LogP contribution in [0.3, 0.4) is 0 Å². The Labute approximate surface area is 205 Å². The largest absolute Gasteiger partial charge is 0.493 e. The van der Waals surface area contributed by atoms with Crippen molar-refractivity contribution >= 4 is 5.69 Å². The van der Waals surface area contributed by atoms with Crippen molar-refractivity contribution in [2.45, 2.75) is 51.8 Å². The molecule has 1 aliphatic rings. The third-order valence-corrected chi connectivity index (χ3v) is 6.08. The smallest absolute Gasteiger partial charge is 0.126 e. The summed E-state index contributed by atoms with van der Waals surface area (Å²) < 4.78 is 35.5. The molecule has 0 amide bonds. The number of hydrogen-bond acceptors (Lipinski definition) is 5. The molecule has 3 atom stereocenters. The van der Waals surface area contributed by atoms with Crippen molar-refractivity contribution in [2.75, 3.05) is 18.5 Å². The number of anilines is 1. The number of rotatable bonds is 8. The van der Waals surface area contributed by atoms with E-state index in [1.54, 1.807) is 24.1 Å². The van der Waals surface area contributed by atoms with E-state index in [2.05, 4.69) is 48.6 Å². The van der Waals surface area contributed by atoms with E-state index in [1.165, 1.54) is 17.7 Å². The van der Waals surface area contributed by atoms with Crippen LogP contribution in [0.25, 0.3) is 0 Å². The van der Waals surface area contributed by atoms with Crippen molar-refractivity contribution in [1.29, 1.82) is 0 Å². The fraction of sp³-hybridized carbons (Fsp3) is 0.444. The summed E-state index contributed by atoms with van der Waals surface area (Å²) in [5, 5.41) is 21.9. The Kier molecular flexibility index (Phi) is 7.42. The zero-order valence-corrected chi connectivity index (χ0v) is 20.7.